The van der Waals surface area contributed by atoms with Crippen LogP contribution in [0, 0.1) is 59.2 Å². The number of rotatable bonds is 9. The van der Waals surface area contributed by atoms with E-state index in [0.717, 1.165) is 52.0 Å². The first-order chi connectivity index (χ1) is 25.1. The topological polar surface area (TPSA) is 24.1 Å². The molecule has 20 fully saturated rings. The minimum atomic E-state index is -4.34. The van der Waals surface area contributed by atoms with Crippen LogP contribution >= 0.6 is 17.2 Å². The Morgan fingerprint density at radius 1 is 0.623 bits per heavy atom. The van der Waals surface area contributed by atoms with Crippen molar-refractivity contribution < 1.29 is 6.51 Å². The molecule has 8 aliphatic carbocycles. The van der Waals surface area contributed by atoms with Crippen molar-refractivity contribution in [3.63, 3.8) is 0 Å². The standard InChI is InChI=1S/C41H69N2P2Si2.C5H5.Fe/c1-46(2,3)37-21-36(41(44,33-7-9-42-22-33)34-8-10-43-23-34)35(40(37)47(4,5)6)24-45(38-29-13-25-11-26(15-29)16-30(38)14-25)39-31-17-27-12-28(19-31)20-32(39)18-27;1-2-4-5-3-1;/h21,25-34,38-39,42-43H,7-20,22-24,44H2,1-6H3;1-5H;. The summed E-state index contributed by atoms with van der Waals surface area (Å²) in [6, 6.07) is 0. The fraction of sp³-hybridized carbons (Fsp3) is 1.00. The van der Waals surface area contributed by atoms with E-state index in [-0.39, 0.29) is 7.92 Å². The van der Waals surface area contributed by atoms with Gasteiger partial charge in [-0.1, -0.05) is 0 Å². The summed E-state index contributed by atoms with van der Waals surface area (Å²) in [5.41, 5.74) is 2.44. The molecule has 12 saturated heterocycles. The van der Waals surface area contributed by atoms with Crippen molar-refractivity contribution in [1.82, 2.24) is 10.6 Å². The van der Waals surface area contributed by atoms with E-state index in [1.165, 1.54) is 103 Å². The van der Waals surface area contributed by atoms with Gasteiger partial charge in [0.2, 0.25) is 0 Å². The number of hydrogen-bond donors (Lipinski definition) is 2. The second-order valence-corrected chi connectivity index (χ2v) is 67.0. The molecule has 0 amide bonds. The van der Waals surface area contributed by atoms with Gasteiger partial charge in [0.15, 0.2) is 0 Å². The van der Waals surface area contributed by atoms with E-state index in [1.54, 1.807) is 64.2 Å². The molecule has 2 N–H and O–H groups in total. The molecule has 0 aromatic rings. The van der Waals surface area contributed by atoms with Crippen LogP contribution < -0.4 is 10.6 Å². The first-order valence-corrected chi connectivity index (χ1v) is 39.5. The molecule has 8 bridgehead atoms. The normalized spacial score (nSPS) is 79.7. The van der Waals surface area contributed by atoms with Crippen LogP contribution in [-0.2, 0) is 6.51 Å². The van der Waals surface area contributed by atoms with Crippen molar-refractivity contribution in [2.75, 3.05) is 32.3 Å². The predicted molar refractivity (Wildman–Crippen MR) is 228 cm³/mol. The zero-order valence-corrected chi connectivity index (χ0v) is 39.4. The van der Waals surface area contributed by atoms with Crippen LogP contribution in [0.1, 0.15) is 77.0 Å². The molecule has 20 rings (SSSR count). The van der Waals surface area contributed by atoms with Crippen LogP contribution in [0.25, 0.3) is 0 Å². The number of fused-ring (bicyclic) bond motifs is 10. The van der Waals surface area contributed by atoms with Crippen molar-refractivity contribution in [2.45, 2.75) is 178 Å². The molecule has 12 aliphatic heterocycles. The first kappa shape index (κ1) is 30.7. The molecule has 0 aromatic heterocycles. The van der Waals surface area contributed by atoms with Gasteiger partial charge in [0.05, 0.1) is 0 Å². The summed E-state index contributed by atoms with van der Waals surface area (Å²) >= 11 is 0. The third-order valence-corrected chi connectivity index (χ3v) is 100. The summed E-state index contributed by atoms with van der Waals surface area (Å²) in [5, 5.41) is 8.81. The van der Waals surface area contributed by atoms with Gasteiger partial charge in [-0.15, -0.1) is 0 Å². The van der Waals surface area contributed by atoms with Gasteiger partial charge in [0.1, 0.15) is 0 Å². The molecular formula is C46H74FeN2P2Si2. The number of nitrogens with one attached hydrogen (secondary N) is 2. The fourth-order valence-corrected chi connectivity index (χ4v) is 185. The van der Waals surface area contributed by atoms with Gasteiger partial charge < -0.3 is 0 Å². The quantitative estimate of drug-likeness (QED) is 0.179. The molecule has 2 nitrogen and oxygen atoms in total. The number of hydrogen-bond acceptors (Lipinski definition) is 2. The Bertz CT molecular complexity index is 2150. The van der Waals surface area contributed by atoms with Crippen LogP contribution in [0.5, 0.6) is 0 Å². The summed E-state index contributed by atoms with van der Waals surface area (Å²) in [6.45, 7) is 19.7. The molecule has 53 heavy (non-hydrogen) atoms. The van der Waals surface area contributed by atoms with Gasteiger partial charge in [-0.3, -0.25) is 0 Å². The molecule has 1 spiro atoms. The Morgan fingerprint density at radius 3 is 1.36 bits per heavy atom. The fourth-order valence-electron chi connectivity index (χ4n) is 36.6. The molecule has 8 saturated carbocycles. The zero-order chi connectivity index (χ0) is 35.2. The van der Waals surface area contributed by atoms with Gasteiger partial charge in [0, 0.05) is 0 Å². The Balaban J connectivity index is 0.940. The van der Waals surface area contributed by atoms with Gasteiger partial charge >= 0.3 is 320 Å². The molecule has 0 aromatic carbocycles. The average Bonchev–Trinajstić information content (AvgIpc) is 3.87. The Morgan fingerprint density at radius 2 is 1.04 bits per heavy atom. The average molecular weight is 829 g/mol. The summed E-state index contributed by atoms with van der Waals surface area (Å²) < 4.78 is 3.91. The van der Waals surface area contributed by atoms with Gasteiger partial charge in [0.25, 0.3) is 0 Å². The first-order valence-electron chi connectivity index (χ1n) is 24.3. The third kappa shape index (κ3) is 1.00. The molecule has 8 atom stereocenters. The van der Waals surface area contributed by atoms with Crippen LogP contribution in [0.15, 0.2) is 0 Å². The van der Waals surface area contributed by atoms with Gasteiger partial charge in [-0.25, -0.2) is 0 Å². The van der Waals surface area contributed by atoms with E-state index >= 15 is 0 Å². The summed E-state index contributed by atoms with van der Waals surface area (Å²) in [5.74, 6) is 11.2. The molecule has 0 radical (unpaired) electrons. The van der Waals surface area contributed by atoms with E-state index in [1.807, 2.05) is 6.16 Å². The maximum absolute atomic E-state index is 4.34. The second kappa shape index (κ2) is 5.51. The zero-order valence-electron chi connectivity index (χ0n) is 34.3. The SMILES string of the molecule is C[Si](C)(C)[C]12[CH]3[C]4(C(P)(C5CCNC5)C5CCNC5)[C]5(CP(C6C7CC8CC(C7)CC6C8)C6C7CC8CC(C7)CC6C8)[C]1([Si](C)(C)C)[Fe]35421678[CH]2[CH]1[CH]6[CH]7[CH]28. The predicted octanol–water partition coefficient (Wildman–Crippen LogP) is 11.6. The summed E-state index contributed by atoms with van der Waals surface area (Å²) in [4.78, 5) is 8.46. The second-order valence-electron chi connectivity index (χ2n) is 29.4. The van der Waals surface area contributed by atoms with E-state index in [4.69, 9.17) is 0 Å². The van der Waals surface area contributed by atoms with Crippen LogP contribution in [0.3, 0.4) is 0 Å². The molecular weight excluding hydrogens is 754 g/mol. The van der Waals surface area contributed by atoms with Gasteiger partial charge in [-0.05, 0) is 0 Å². The van der Waals surface area contributed by atoms with Crippen molar-refractivity contribution in [1.29, 1.82) is 0 Å². The molecule has 8 unspecified atom stereocenters. The van der Waals surface area contributed by atoms with E-state index in [0.29, 0.717) is 5.16 Å². The third-order valence-electron chi connectivity index (χ3n) is 31.2. The monoisotopic (exact) mass is 828 g/mol. The summed E-state index contributed by atoms with van der Waals surface area (Å²) in [7, 11) is 1.41. The Kier molecular flexibility index (Phi) is 3.19. The van der Waals surface area contributed by atoms with Crippen molar-refractivity contribution in [3.05, 3.63) is 0 Å². The van der Waals surface area contributed by atoms with Crippen LogP contribution in [0.2, 0.25) is 84.7 Å². The van der Waals surface area contributed by atoms with Crippen molar-refractivity contribution in [2.24, 2.45) is 59.2 Å². The Hall–Kier alpha value is 1.73. The van der Waals surface area contributed by atoms with E-state index in [2.05, 4.69) is 59.2 Å². The van der Waals surface area contributed by atoms with Crippen molar-refractivity contribution in [3.8, 4) is 0 Å². The van der Waals surface area contributed by atoms with Crippen LogP contribution in [0.4, 0.5) is 0 Å². The Labute approximate surface area is 318 Å². The molecule has 12 heterocycles. The minimum absolute atomic E-state index is 0.125. The summed E-state index contributed by atoms with van der Waals surface area (Å²) in [6.07, 6.45) is 21.9. The van der Waals surface area contributed by atoms with Crippen molar-refractivity contribution >= 4 is 33.3 Å². The molecule has 294 valence electrons. The van der Waals surface area contributed by atoms with E-state index in [9.17, 15) is 0 Å². The van der Waals surface area contributed by atoms with Gasteiger partial charge in [-0.2, -0.15) is 0 Å². The molecule has 7 heteroatoms. The van der Waals surface area contributed by atoms with Crippen LogP contribution in [-0.4, -0.2) is 65.0 Å². The maximum atomic E-state index is 4.19. The molecule has 20 aliphatic rings. The van der Waals surface area contributed by atoms with E-state index < -0.39 is 22.7 Å².